The minimum Gasteiger partial charge on any atom is -0.508 e. The van der Waals surface area contributed by atoms with Gasteiger partial charge in [-0.3, -0.25) is 0 Å². The summed E-state index contributed by atoms with van der Waals surface area (Å²) in [6, 6.07) is 7.68. The molecule has 4 heteroatoms. The smallest absolute Gasteiger partial charge is 0.115 e. The van der Waals surface area contributed by atoms with Gasteiger partial charge in [0.25, 0.3) is 0 Å². The molecule has 2 aliphatic heterocycles. The van der Waals surface area contributed by atoms with Crippen LogP contribution in [0, 0.1) is 17.8 Å². The first kappa shape index (κ1) is 20.2. The number of benzene rings is 1. The molecule has 2 saturated heterocycles. The van der Waals surface area contributed by atoms with Crippen LogP contribution in [0.15, 0.2) is 24.3 Å². The number of fused-ring (bicyclic) bond motifs is 3. The van der Waals surface area contributed by atoms with Crippen molar-refractivity contribution >= 4 is 0 Å². The van der Waals surface area contributed by atoms with Gasteiger partial charge in [-0.15, -0.1) is 0 Å². The Morgan fingerprint density at radius 1 is 1.14 bits per heavy atom. The number of phenolic OH excluding ortho intramolecular Hbond substituents is 1. The van der Waals surface area contributed by atoms with Crippen LogP contribution in [0.4, 0.5) is 0 Å². The molecule has 28 heavy (non-hydrogen) atoms. The molecule has 1 aromatic carbocycles. The fourth-order valence-electron chi connectivity index (χ4n) is 6.99. The summed E-state index contributed by atoms with van der Waals surface area (Å²) in [5, 5.41) is 19.2. The molecule has 2 heterocycles. The number of nitrogens with two attached hydrogens (primary N) is 1. The van der Waals surface area contributed by atoms with Crippen molar-refractivity contribution in [2.75, 3.05) is 6.61 Å². The largest absolute Gasteiger partial charge is 0.508 e. The summed E-state index contributed by atoms with van der Waals surface area (Å²) in [7, 11) is 0. The summed E-state index contributed by atoms with van der Waals surface area (Å²) < 4.78 is 6.86. The normalized spacial score (nSPS) is 39.8. The number of ether oxygens (including phenoxy) is 1. The van der Waals surface area contributed by atoms with E-state index in [9.17, 15) is 10.2 Å². The van der Waals surface area contributed by atoms with Crippen molar-refractivity contribution in [2.24, 2.45) is 23.5 Å². The van der Waals surface area contributed by atoms with Gasteiger partial charge in [-0.2, -0.15) is 0 Å². The summed E-state index contributed by atoms with van der Waals surface area (Å²) in [4.78, 5) is 0. The van der Waals surface area contributed by atoms with Crippen LogP contribution in [0.1, 0.15) is 70.8 Å². The summed E-state index contributed by atoms with van der Waals surface area (Å²) >= 11 is 0. The third-order valence-electron chi connectivity index (χ3n) is 8.05. The molecule has 0 radical (unpaired) electrons. The lowest BCUT2D eigenvalue weighted by molar-refractivity contribution is -0.287. The van der Waals surface area contributed by atoms with Gasteiger partial charge < -0.3 is 20.7 Å². The minimum atomic E-state index is -0.307. The molecule has 0 spiro atoms. The molecule has 4 fully saturated rings. The van der Waals surface area contributed by atoms with E-state index in [0.717, 1.165) is 25.7 Å². The van der Waals surface area contributed by atoms with Crippen LogP contribution in [0.25, 0.3) is 0 Å². The van der Waals surface area contributed by atoms with Crippen molar-refractivity contribution < 1.29 is 14.9 Å². The molecular formula is C24H37NO3. The number of hydrogen-bond donors (Lipinski definition) is 3. The van der Waals surface area contributed by atoms with Crippen molar-refractivity contribution in [3.8, 4) is 5.75 Å². The molecule has 4 nitrogen and oxygen atoms in total. The van der Waals surface area contributed by atoms with Crippen LogP contribution in [-0.4, -0.2) is 33.6 Å². The van der Waals surface area contributed by atoms with Crippen molar-refractivity contribution in [1.29, 1.82) is 0 Å². The van der Waals surface area contributed by atoms with Gasteiger partial charge >= 0.3 is 0 Å². The minimum absolute atomic E-state index is 0.129. The Morgan fingerprint density at radius 3 is 2.57 bits per heavy atom. The Balaban J connectivity index is 1.52. The van der Waals surface area contributed by atoms with Gasteiger partial charge in [0.05, 0.1) is 11.2 Å². The van der Waals surface area contributed by atoms with Crippen LogP contribution >= 0.6 is 0 Å². The molecule has 2 saturated carbocycles. The van der Waals surface area contributed by atoms with Crippen molar-refractivity contribution in [2.45, 2.75) is 88.4 Å². The van der Waals surface area contributed by atoms with Crippen LogP contribution in [0.2, 0.25) is 0 Å². The van der Waals surface area contributed by atoms with Crippen LogP contribution < -0.4 is 5.73 Å². The topological polar surface area (TPSA) is 75.7 Å². The van der Waals surface area contributed by atoms with Crippen LogP contribution in [0.5, 0.6) is 5.75 Å². The SMILES string of the molecule is CC1(C)O[C@@]2([C@H]3CCC[C@H](Cc4ccc(O)cc4)C3)CC[C@@H]1[C@](N)(CCO)C2. The Morgan fingerprint density at radius 2 is 1.89 bits per heavy atom. The van der Waals surface area contributed by atoms with Gasteiger partial charge in [0.1, 0.15) is 5.75 Å². The zero-order valence-electron chi connectivity index (χ0n) is 17.5. The molecule has 5 atom stereocenters. The fraction of sp³-hybridized carbons (Fsp3) is 0.750. The number of aromatic hydroxyl groups is 1. The monoisotopic (exact) mass is 387 g/mol. The second-order valence-corrected chi connectivity index (χ2v) is 10.3. The van der Waals surface area contributed by atoms with E-state index in [0.29, 0.717) is 29.9 Å². The highest BCUT2D eigenvalue weighted by atomic mass is 16.5. The maximum atomic E-state index is 9.66. The molecular weight excluding hydrogens is 350 g/mol. The van der Waals surface area contributed by atoms with Crippen LogP contribution in [0.3, 0.4) is 0 Å². The van der Waals surface area contributed by atoms with Gasteiger partial charge in [-0.1, -0.05) is 25.0 Å². The molecule has 4 aliphatic rings. The molecule has 1 aromatic rings. The van der Waals surface area contributed by atoms with Crippen LogP contribution in [-0.2, 0) is 11.2 Å². The van der Waals surface area contributed by atoms with E-state index in [4.69, 9.17) is 10.5 Å². The highest BCUT2D eigenvalue weighted by Gasteiger charge is 2.62. The highest BCUT2D eigenvalue weighted by molar-refractivity contribution is 5.26. The maximum Gasteiger partial charge on any atom is 0.115 e. The van der Waals surface area contributed by atoms with E-state index in [-0.39, 0.29) is 23.3 Å². The lowest BCUT2D eigenvalue weighted by atomic mass is 9.53. The first-order valence-corrected chi connectivity index (χ1v) is 11.1. The standard InChI is InChI=1S/C24H37NO3/c1-22(2)21-10-11-24(28-22,16-23(21,25)12-13-26)19-5-3-4-18(15-19)14-17-6-8-20(27)9-7-17/h6-9,18-19,21,26-27H,3-5,10-16,25H2,1-2H3/t18-,19+,21+,23+,24+/m1/s1. The molecule has 156 valence electrons. The first-order valence-electron chi connectivity index (χ1n) is 11.1. The van der Waals surface area contributed by atoms with Gasteiger partial charge in [0.2, 0.25) is 0 Å². The Bertz CT molecular complexity index is 688. The second kappa shape index (κ2) is 7.30. The molecule has 5 rings (SSSR count). The molecule has 0 unspecified atom stereocenters. The lowest BCUT2D eigenvalue weighted by Gasteiger charge is -2.65. The summed E-state index contributed by atoms with van der Waals surface area (Å²) in [6.07, 6.45) is 9.80. The Hall–Kier alpha value is -1.10. The Labute approximate surface area is 169 Å². The summed E-state index contributed by atoms with van der Waals surface area (Å²) in [5.41, 5.74) is 7.59. The number of hydrogen-bond acceptors (Lipinski definition) is 4. The molecule has 2 aliphatic carbocycles. The van der Waals surface area contributed by atoms with E-state index in [1.807, 2.05) is 0 Å². The second-order valence-electron chi connectivity index (χ2n) is 10.3. The lowest BCUT2D eigenvalue weighted by Crippen LogP contribution is -2.72. The van der Waals surface area contributed by atoms with Crippen molar-refractivity contribution in [3.63, 3.8) is 0 Å². The van der Waals surface area contributed by atoms with E-state index < -0.39 is 0 Å². The predicted octanol–water partition coefficient (Wildman–Crippen LogP) is 4.17. The van der Waals surface area contributed by atoms with Crippen molar-refractivity contribution in [3.05, 3.63) is 29.8 Å². The third kappa shape index (κ3) is 3.59. The maximum absolute atomic E-state index is 9.66. The van der Waals surface area contributed by atoms with E-state index >= 15 is 0 Å². The van der Waals surface area contributed by atoms with Gasteiger partial charge in [-0.05, 0) is 88.3 Å². The third-order valence-corrected chi connectivity index (χ3v) is 8.05. The fourth-order valence-corrected chi connectivity index (χ4v) is 6.99. The number of aliphatic hydroxyl groups is 1. The first-order chi connectivity index (χ1) is 13.3. The van der Waals surface area contributed by atoms with Gasteiger partial charge in [0.15, 0.2) is 0 Å². The molecule has 4 N–H and O–H groups in total. The van der Waals surface area contributed by atoms with Crippen molar-refractivity contribution in [1.82, 2.24) is 0 Å². The van der Waals surface area contributed by atoms with Gasteiger partial charge in [0, 0.05) is 18.1 Å². The molecule has 0 amide bonds. The Kier molecular flexibility index (Phi) is 5.26. The van der Waals surface area contributed by atoms with Gasteiger partial charge in [-0.25, -0.2) is 0 Å². The average Bonchev–Trinajstić information content (AvgIpc) is 2.63. The van der Waals surface area contributed by atoms with E-state index in [2.05, 4.69) is 26.0 Å². The van der Waals surface area contributed by atoms with E-state index in [1.54, 1.807) is 12.1 Å². The average molecular weight is 388 g/mol. The number of aliphatic hydroxyl groups excluding tert-OH is 1. The number of phenols is 1. The predicted molar refractivity (Wildman–Crippen MR) is 111 cm³/mol. The van der Waals surface area contributed by atoms with E-state index in [1.165, 1.54) is 31.2 Å². The summed E-state index contributed by atoms with van der Waals surface area (Å²) in [5.74, 6) is 1.87. The quantitative estimate of drug-likeness (QED) is 0.709. The zero-order valence-corrected chi connectivity index (χ0v) is 17.5. The summed E-state index contributed by atoms with van der Waals surface area (Å²) in [6.45, 7) is 4.58. The highest BCUT2D eigenvalue weighted by Crippen LogP contribution is 2.59. The number of rotatable bonds is 5. The molecule has 0 aromatic heterocycles. The molecule has 2 bridgehead atoms. The zero-order chi connectivity index (χ0) is 20.0.